The lowest BCUT2D eigenvalue weighted by Crippen LogP contribution is -2.31. The summed E-state index contributed by atoms with van der Waals surface area (Å²) in [6.07, 6.45) is 1.75. The van der Waals surface area contributed by atoms with Gasteiger partial charge in [0.05, 0.1) is 11.0 Å². The predicted molar refractivity (Wildman–Crippen MR) is 104 cm³/mol. The standard InChI is InChI=1S/C20H24N2O4S/c1-14-5-3-6-15(2)19(14)22-20(23)16-8-10-18(11-9-16)27(24,25)21-13-17-7-4-12-26-17/h3,5-6,8-11,17,21H,4,7,12-13H2,1-2H3,(H,22,23). The number of aryl methyl sites for hydroxylation is 2. The molecule has 1 amide bonds. The quantitative estimate of drug-likeness (QED) is 0.797. The van der Waals surface area contributed by atoms with Crippen molar-refractivity contribution in [1.29, 1.82) is 0 Å². The zero-order valence-corrected chi connectivity index (χ0v) is 16.3. The molecule has 2 N–H and O–H groups in total. The van der Waals surface area contributed by atoms with Gasteiger partial charge in [-0.3, -0.25) is 4.79 Å². The summed E-state index contributed by atoms with van der Waals surface area (Å²) < 4.78 is 32.8. The molecule has 0 aromatic heterocycles. The maximum atomic E-state index is 12.5. The summed E-state index contributed by atoms with van der Waals surface area (Å²) in [5, 5.41) is 2.89. The first kappa shape index (κ1) is 19.5. The van der Waals surface area contributed by atoms with Crippen molar-refractivity contribution in [2.45, 2.75) is 37.7 Å². The third kappa shape index (κ3) is 4.74. The number of hydrogen-bond donors (Lipinski definition) is 2. The van der Waals surface area contributed by atoms with E-state index in [0.29, 0.717) is 12.2 Å². The Morgan fingerprint density at radius 3 is 2.37 bits per heavy atom. The Morgan fingerprint density at radius 2 is 1.78 bits per heavy atom. The van der Waals surface area contributed by atoms with Crippen molar-refractivity contribution in [3.8, 4) is 0 Å². The zero-order chi connectivity index (χ0) is 19.4. The SMILES string of the molecule is Cc1cccc(C)c1NC(=O)c1ccc(S(=O)(=O)NCC2CCCO2)cc1. The number of carbonyl (C=O) groups is 1. The van der Waals surface area contributed by atoms with Crippen molar-refractivity contribution in [2.24, 2.45) is 0 Å². The Bertz CT molecular complexity index is 897. The van der Waals surface area contributed by atoms with Gasteiger partial charge in [-0.2, -0.15) is 0 Å². The number of benzene rings is 2. The molecule has 0 bridgehead atoms. The van der Waals surface area contributed by atoms with Crippen LogP contribution in [0.5, 0.6) is 0 Å². The highest BCUT2D eigenvalue weighted by atomic mass is 32.2. The minimum Gasteiger partial charge on any atom is -0.377 e. The van der Waals surface area contributed by atoms with Crippen molar-refractivity contribution < 1.29 is 17.9 Å². The molecule has 7 heteroatoms. The molecule has 0 radical (unpaired) electrons. The number of amides is 1. The molecule has 1 unspecified atom stereocenters. The molecule has 0 saturated carbocycles. The van der Waals surface area contributed by atoms with E-state index in [1.807, 2.05) is 32.0 Å². The number of rotatable bonds is 6. The first-order valence-corrected chi connectivity index (χ1v) is 10.4. The molecule has 6 nitrogen and oxygen atoms in total. The van der Waals surface area contributed by atoms with Gasteiger partial charge in [-0.05, 0) is 62.1 Å². The summed E-state index contributed by atoms with van der Waals surface area (Å²) in [5.41, 5.74) is 3.12. The predicted octanol–water partition coefficient (Wildman–Crippen LogP) is 3.01. The molecule has 1 saturated heterocycles. The number of carbonyl (C=O) groups excluding carboxylic acids is 1. The van der Waals surface area contributed by atoms with Crippen LogP contribution in [0, 0.1) is 13.8 Å². The largest absolute Gasteiger partial charge is 0.377 e. The third-order valence-electron chi connectivity index (χ3n) is 4.67. The first-order valence-electron chi connectivity index (χ1n) is 8.96. The topological polar surface area (TPSA) is 84.5 Å². The molecule has 0 spiro atoms. The smallest absolute Gasteiger partial charge is 0.255 e. The van der Waals surface area contributed by atoms with Crippen molar-refractivity contribution in [1.82, 2.24) is 4.72 Å². The summed E-state index contributed by atoms with van der Waals surface area (Å²) in [6.45, 7) is 4.80. The second-order valence-corrected chi connectivity index (χ2v) is 8.50. The molecule has 27 heavy (non-hydrogen) atoms. The van der Waals surface area contributed by atoms with Crippen LogP contribution in [0.25, 0.3) is 0 Å². The minimum atomic E-state index is -3.62. The second kappa shape index (κ2) is 8.21. The highest BCUT2D eigenvalue weighted by Gasteiger charge is 2.20. The van der Waals surface area contributed by atoms with Crippen molar-refractivity contribution in [3.63, 3.8) is 0 Å². The van der Waals surface area contributed by atoms with E-state index in [4.69, 9.17) is 4.74 Å². The van der Waals surface area contributed by atoms with Gasteiger partial charge in [0.2, 0.25) is 10.0 Å². The van der Waals surface area contributed by atoms with Crippen LogP contribution in [0.15, 0.2) is 47.4 Å². The van der Waals surface area contributed by atoms with Crippen LogP contribution < -0.4 is 10.0 Å². The average Bonchev–Trinajstić information content (AvgIpc) is 3.17. The molecule has 1 atom stereocenters. The normalized spacial score (nSPS) is 17.0. The van der Waals surface area contributed by atoms with Gasteiger partial charge in [-0.25, -0.2) is 13.1 Å². The molecule has 1 aliphatic rings. The number of ether oxygens (including phenoxy) is 1. The molecule has 0 aliphatic carbocycles. The summed E-state index contributed by atoms with van der Waals surface area (Å²) in [6, 6.07) is 11.7. The third-order valence-corrected chi connectivity index (χ3v) is 6.11. The van der Waals surface area contributed by atoms with E-state index in [-0.39, 0.29) is 23.5 Å². The van der Waals surface area contributed by atoms with Crippen LogP contribution in [-0.2, 0) is 14.8 Å². The van der Waals surface area contributed by atoms with Gasteiger partial charge in [0, 0.05) is 24.4 Å². The van der Waals surface area contributed by atoms with E-state index in [9.17, 15) is 13.2 Å². The van der Waals surface area contributed by atoms with E-state index in [1.165, 1.54) is 24.3 Å². The van der Waals surface area contributed by atoms with Gasteiger partial charge in [0.25, 0.3) is 5.91 Å². The van der Waals surface area contributed by atoms with E-state index >= 15 is 0 Å². The molecule has 144 valence electrons. The lowest BCUT2D eigenvalue weighted by Gasteiger charge is -2.13. The van der Waals surface area contributed by atoms with Gasteiger partial charge >= 0.3 is 0 Å². The highest BCUT2D eigenvalue weighted by Crippen LogP contribution is 2.21. The molecule has 2 aromatic carbocycles. The Kier molecular flexibility index (Phi) is 5.94. The van der Waals surface area contributed by atoms with Crippen LogP contribution in [0.1, 0.15) is 34.3 Å². The van der Waals surface area contributed by atoms with E-state index in [2.05, 4.69) is 10.0 Å². The number of nitrogens with one attached hydrogen (secondary N) is 2. The Morgan fingerprint density at radius 1 is 1.11 bits per heavy atom. The molecule has 3 rings (SSSR count). The molecule has 1 heterocycles. The summed E-state index contributed by atoms with van der Waals surface area (Å²) >= 11 is 0. The van der Waals surface area contributed by atoms with E-state index in [0.717, 1.165) is 29.7 Å². The van der Waals surface area contributed by atoms with E-state index in [1.54, 1.807) is 0 Å². The van der Waals surface area contributed by atoms with Crippen LogP contribution in [0.2, 0.25) is 0 Å². The van der Waals surface area contributed by atoms with Crippen molar-refractivity contribution in [3.05, 3.63) is 59.2 Å². The molecule has 2 aromatic rings. The monoisotopic (exact) mass is 388 g/mol. The average molecular weight is 388 g/mol. The fourth-order valence-corrected chi connectivity index (χ4v) is 4.14. The Balaban J connectivity index is 1.68. The summed E-state index contributed by atoms with van der Waals surface area (Å²) in [5.74, 6) is -0.274. The minimum absolute atomic E-state index is 0.0674. The fraction of sp³-hybridized carbons (Fsp3) is 0.350. The van der Waals surface area contributed by atoms with E-state index < -0.39 is 10.0 Å². The Hall–Kier alpha value is -2.22. The van der Waals surface area contributed by atoms with Crippen molar-refractivity contribution in [2.75, 3.05) is 18.5 Å². The fourth-order valence-electron chi connectivity index (χ4n) is 3.07. The molecule has 1 aliphatic heterocycles. The van der Waals surface area contributed by atoms with Gasteiger partial charge in [-0.15, -0.1) is 0 Å². The zero-order valence-electron chi connectivity index (χ0n) is 15.5. The van der Waals surface area contributed by atoms with Gasteiger partial charge in [0.1, 0.15) is 0 Å². The summed E-state index contributed by atoms with van der Waals surface area (Å²) in [4.78, 5) is 12.6. The number of anilines is 1. The second-order valence-electron chi connectivity index (χ2n) is 6.73. The van der Waals surface area contributed by atoms with Crippen LogP contribution in [0.3, 0.4) is 0 Å². The number of hydrogen-bond acceptors (Lipinski definition) is 4. The highest BCUT2D eigenvalue weighted by molar-refractivity contribution is 7.89. The molecular formula is C20H24N2O4S. The van der Waals surface area contributed by atoms with Crippen LogP contribution in [-0.4, -0.2) is 33.6 Å². The van der Waals surface area contributed by atoms with Crippen LogP contribution in [0.4, 0.5) is 5.69 Å². The maximum absolute atomic E-state index is 12.5. The maximum Gasteiger partial charge on any atom is 0.255 e. The first-order chi connectivity index (χ1) is 12.9. The van der Waals surface area contributed by atoms with Gasteiger partial charge in [-0.1, -0.05) is 18.2 Å². The van der Waals surface area contributed by atoms with Gasteiger partial charge in [0.15, 0.2) is 0 Å². The van der Waals surface area contributed by atoms with Gasteiger partial charge < -0.3 is 10.1 Å². The van der Waals surface area contributed by atoms with Crippen molar-refractivity contribution >= 4 is 21.6 Å². The van der Waals surface area contributed by atoms with Crippen LogP contribution >= 0.6 is 0 Å². The summed E-state index contributed by atoms with van der Waals surface area (Å²) in [7, 11) is -3.62. The number of sulfonamides is 1. The number of para-hydroxylation sites is 1. The lowest BCUT2D eigenvalue weighted by molar-refractivity contribution is 0.102. The molecule has 1 fully saturated rings. The molecular weight excluding hydrogens is 364 g/mol. The lowest BCUT2D eigenvalue weighted by atomic mass is 10.1. The Labute approximate surface area is 160 Å².